The molecule has 0 aliphatic rings. The second-order valence-corrected chi connectivity index (χ2v) is 15.3. The summed E-state index contributed by atoms with van der Waals surface area (Å²) in [5.41, 5.74) is -0.941. The number of alkyl carbamates (subject to hydrolysis) is 4. The van der Waals surface area contributed by atoms with Crippen LogP contribution in [0.2, 0.25) is 0 Å². The minimum Gasteiger partial charge on any atom is -0.464 e. The highest BCUT2D eigenvalue weighted by molar-refractivity contribution is 5.76. The van der Waals surface area contributed by atoms with Gasteiger partial charge in [-0.05, 0) is 81.1 Å². The summed E-state index contributed by atoms with van der Waals surface area (Å²) in [5, 5.41) is 9.81. The maximum Gasteiger partial charge on any atom is 0.407 e. The number of carbonyl (C=O) groups is 8. The van der Waals surface area contributed by atoms with E-state index in [9.17, 15) is 38.4 Å². The summed E-state index contributed by atoms with van der Waals surface area (Å²) in [6.07, 6.45) is 0.598. The third-order valence-corrected chi connectivity index (χ3v) is 8.40. The Labute approximate surface area is 369 Å². The quantitative estimate of drug-likeness (QED) is 0.0547. The molecule has 0 saturated carbocycles. The molecule has 2 unspecified atom stereocenters. The molecule has 4 N–H and O–H groups in total. The van der Waals surface area contributed by atoms with Gasteiger partial charge in [0.25, 0.3) is 0 Å². The first kappa shape index (κ1) is 63.6. The van der Waals surface area contributed by atoms with Gasteiger partial charge in [0.1, 0.15) is 26.4 Å². The summed E-state index contributed by atoms with van der Waals surface area (Å²) >= 11 is 0. The Kier molecular flexibility index (Phi) is 38.7. The topological polar surface area (TPSA) is 259 Å². The zero-order valence-corrected chi connectivity index (χ0v) is 40.3. The lowest BCUT2D eigenvalue weighted by atomic mass is 9.91. The Hall–Kier alpha value is -5.04. The molecule has 0 aromatic rings. The smallest absolute Gasteiger partial charge is 0.407 e. The SMILES string of the molecule is CCC(C)(C)C(=O)OCCNC(=O)OC.CCC(C)(C)C(=O)OCCNC(=O)OC(C)C.CCC(C)C(=O)OCCNC(=O)OC.CCC(C)C(=O)OCCNC(=O)OC(C)C. The molecule has 2 atom stereocenters. The Morgan fingerprint density at radius 3 is 0.919 bits per heavy atom. The number of ether oxygens (including phenoxy) is 8. The normalized spacial score (nSPS) is 11.4. The fourth-order valence-electron chi connectivity index (χ4n) is 3.16. The van der Waals surface area contributed by atoms with Crippen molar-refractivity contribution in [1.82, 2.24) is 21.3 Å². The van der Waals surface area contributed by atoms with Gasteiger partial charge in [-0.2, -0.15) is 0 Å². The molecule has 62 heavy (non-hydrogen) atoms. The lowest BCUT2D eigenvalue weighted by Gasteiger charge is -2.20. The maximum absolute atomic E-state index is 11.6. The monoisotopic (exact) mass is 897 g/mol. The van der Waals surface area contributed by atoms with Gasteiger partial charge in [0.2, 0.25) is 0 Å². The van der Waals surface area contributed by atoms with Crippen LogP contribution in [-0.4, -0.2) is 127 Å². The number of carbonyl (C=O) groups excluding carboxylic acids is 8. The predicted octanol–water partition coefficient (Wildman–Crippen LogP) is 6.06. The third kappa shape index (κ3) is 37.9. The number of methoxy groups -OCH3 is 2. The molecular formula is C42H80N4O16. The largest absolute Gasteiger partial charge is 0.464 e. The van der Waals surface area contributed by atoms with Gasteiger partial charge in [0, 0.05) is 0 Å². The van der Waals surface area contributed by atoms with Crippen molar-refractivity contribution in [2.75, 3.05) is 66.8 Å². The van der Waals surface area contributed by atoms with Crippen LogP contribution in [0.5, 0.6) is 0 Å². The zero-order valence-electron chi connectivity index (χ0n) is 40.3. The molecule has 0 aromatic carbocycles. The lowest BCUT2D eigenvalue weighted by molar-refractivity contribution is -0.154. The minimum absolute atomic E-state index is 0.0897. The van der Waals surface area contributed by atoms with Gasteiger partial charge in [-0.15, -0.1) is 0 Å². The van der Waals surface area contributed by atoms with E-state index in [1.54, 1.807) is 34.6 Å². The van der Waals surface area contributed by atoms with Crippen LogP contribution < -0.4 is 21.3 Å². The molecule has 0 aliphatic carbocycles. The van der Waals surface area contributed by atoms with E-state index in [4.69, 9.17) is 28.4 Å². The van der Waals surface area contributed by atoms with Crippen LogP contribution >= 0.6 is 0 Å². The molecule has 20 nitrogen and oxygen atoms in total. The molecule has 0 heterocycles. The van der Waals surface area contributed by atoms with Crippen LogP contribution in [0.3, 0.4) is 0 Å². The first-order chi connectivity index (χ1) is 28.8. The van der Waals surface area contributed by atoms with E-state index in [1.807, 2.05) is 62.3 Å². The van der Waals surface area contributed by atoms with Gasteiger partial charge in [-0.1, -0.05) is 41.5 Å². The van der Waals surface area contributed by atoms with E-state index in [-0.39, 0.29) is 101 Å². The Bertz CT molecular complexity index is 1290. The molecule has 0 aliphatic heterocycles. The van der Waals surface area contributed by atoms with Gasteiger partial charge >= 0.3 is 48.3 Å². The second-order valence-electron chi connectivity index (χ2n) is 15.3. The van der Waals surface area contributed by atoms with Crippen LogP contribution in [0.4, 0.5) is 19.2 Å². The molecule has 0 radical (unpaired) electrons. The molecule has 364 valence electrons. The summed E-state index contributed by atoms with van der Waals surface area (Å²) in [6.45, 7) is 27.4. The van der Waals surface area contributed by atoms with Crippen LogP contribution in [0.15, 0.2) is 0 Å². The Balaban J connectivity index is -0.000000363. The van der Waals surface area contributed by atoms with Crippen molar-refractivity contribution in [3.05, 3.63) is 0 Å². The van der Waals surface area contributed by atoms with Gasteiger partial charge in [0.15, 0.2) is 0 Å². The van der Waals surface area contributed by atoms with E-state index in [0.29, 0.717) is 6.42 Å². The summed E-state index contributed by atoms with van der Waals surface area (Å²) < 4.78 is 38.2. The first-order valence-electron chi connectivity index (χ1n) is 21.0. The van der Waals surface area contributed by atoms with Gasteiger partial charge in [-0.3, -0.25) is 19.2 Å². The van der Waals surface area contributed by atoms with Crippen LogP contribution in [0.25, 0.3) is 0 Å². The van der Waals surface area contributed by atoms with E-state index in [1.165, 1.54) is 14.2 Å². The van der Waals surface area contributed by atoms with Crippen LogP contribution in [0, 0.1) is 22.7 Å². The summed E-state index contributed by atoms with van der Waals surface area (Å²) in [6, 6.07) is 0. The van der Waals surface area contributed by atoms with Crippen molar-refractivity contribution in [3.63, 3.8) is 0 Å². The number of hydrogen-bond donors (Lipinski definition) is 4. The van der Waals surface area contributed by atoms with Gasteiger partial charge in [-0.25, -0.2) is 19.2 Å². The highest BCUT2D eigenvalue weighted by Gasteiger charge is 2.27. The zero-order chi connectivity index (χ0) is 48.9. The summed E-state index contributed by atoms with van der Waals surface area (Å²) in [7, 11) is 2.56. The number of hydrogen-bond acceptors (Lipinski definition) is 16. The summed E-state index contributed by atoms with van der Waals surface area (Å²) in [5.74, 6) is -1.16. The average molecular weight is 897 g/mol. The molecule has 0 bridgehead atoms. The second kappa shape index (κ2) is 37.7. The number of esters is 4. The highest BCUT2D eigenvalue weighted by Crippen LogP contribution is 2.22. The first-order valence-corrected chi connectivity index (χ1v) is 21.0. The standard InChI is InChI=1S/C12H23NO4.C11H21NO4.C10H19NO4.C9H17NO4/c1-6-12(4,5)10(14)16-8-7-13-11(15)17-9(2)3;1-5-9(4)10(13)15-7-6-12-11(14)16-8(2)3;1-5-10(2,3)8(12)15-7-6-11-9(13)14-4;1-4-7(2)8(11)14-6-5-10-9(12)13-3/h9H,6-8H2,1-5H3,(H,13,15);8-9H,5-7H2,1-4H3,(H,12,14);5-7H2,1-4H3,(H,11,13);7H,4-6H2,1-3H3,(H,10,12). The average Bonchev–Trinajstić information content (AvgIpc) is 3.22. The number of amides is 4. The van der Waals surface area contributed by atoms with Crippen molar-refractivity contribution in [3.8, 4) is 0 Å². The van der Waals surface area contributed by atoms with Crippen LogP contribution in [0.1, 0.15) is 123 Å². The summed E-state index contributed by atoms with van der Waals surface area (Å²) in [4.78, 5) is 88.6. The molecule has 0 fully saturated rings. The Morgan fingerprint density at radius 1 is 0.435 bits per heavy atom. The van der Waals surface area contributed by atoms with Gasteiger partial charge in [0.05, 0.1) is 75.3 Å². The molecule has 4 amide bonds. The van der Waals surface area contributed by atoms with E-state index < -0.39 is 35.2 Å². The molecule has 0 spiro atoms. The predicted molar refractivity (Wildman–Crippen MR) is 231 cm³/mol. The Morgan fingerprint density at radius 2 is 0.694 bits per heavy atom. The van der Waals surface area contributed by atoms with Crippen molar-refractivity contribution in [1.29, 1.82) is 0 Å². The van der Waals surface area contributed by atoms with Crippen LogP contribution in [-0.2, 0) is 57.1 Å². The fraction of sp³-hybridized carbons (Fsp3) is 0.810. The van der Waals surface area contributed by atoms with E-state index in [0.717, 1.165) is 19.3 Å². The van der Waals surface area contributed by atoms with Gasteiger partial charge < -0.3 is 59.2 Å². The molecule has 0 aromatic heterocycles. The van der Waals surface area contributed by atoms with E-state index >= 15 is 0 Å². The molecule has 20 heteroatoms. The van der Waals surface area contributed by atoms with Crippen molar-refractivity contribution >= 4 is 48.3 Å². The molecule has 0 rings (SSSR count). The van der Waals surface area contributed by atoms with E-state index in [2.05, 4.69) is 30.7 Å². The van der Waals surface area contributed by atoms with Crippen molar-refractivity contribution in [2.45, 2.75) is 135 Å². The van der Waals surface area contributed by atoms with Crippen molar-refractivity contribution in [2.24, 2.45) is 22.7 Å². The molecular weight excluding hydrogens is 816 g/mol. The maximum atomic E-state index is 11.6. The third-order valence-electron chi connectivity index (χ3n) is 8.40. The van der Waals surface area contributed by atoms with Crippen molar-refractivity contribution < 1.29 is 76.3 Å². The molecule has 0 saturated heterocycles. The highest BCUT2D eigenvalue weighted by atomic mass is 16.6. The minimum atomic E-state index is -0.527. The lowest BCUT2D eigenvalue weighted by Crippen LogP contribution is -2.32. The number of rotatable bonds is 22. The number of nitrogens with one attached hydrogen (secondary N) is 4. The fourth-order valence-corrected chi connectivity index (χ4v) is 3.16.